The van der Waals surface area contributed by atoms with Crippen molar-refractivity contribution in [3.63, 3.8) is 0 Å². The second-order valence-corrected chi connectivity index (χ2v) is 8.56. The molecule has 180 valence electrons. The number of amides is 2. The van der Waals surface area contributed by atoms with E-state index in [1.54, 1.807) is 36.4 Å². The molecule has 2 N–H and O–H groups in total. The van der Waals surface area contributed by atoms with E-state index in [4.69, 9.17) is 21.1 Å². The van der Waals surface area contributed by atoms with Crippen LogP contribution in [0.25, 0.3) is 0 Å². The first-order valence-corrected chi connectivity index (χ1v) is 11.4. The molecule has 0 spiro atoms. The van der Waals surface area contributed by atoms with Gasteiger partial charge in [-0.1, -0.05) is 17.7 Å². The summed E-state index contributed by atoms with van der Waals surface area (Å²) in [5, 5.41) is 6.37. The number of Topliss-reactive ketones (excluding diaryl/α,β-unsaturated/α-hetero) is 1. The number of cyclic esters (lactones) is 1. The lowest BCUT2D eigenvalue weighted by Crippen LogP contribution is -2.35. The number of ether oxygens (including phenoxy) is 2. The minimum atomic E-state index is -0.611. The van der Waals surface area contributed by atoms with Gasteiger partial charge < -0.3 is 20.1 Å². The number of nitrogens with zero attached hydrogens (tertiary/aromatic N) is 1. The molecule has 2 aromatic carbocycles. The SMILES string of the molecule is O=C(CCC(=O)c1ccc(Cl)cc1)NC[C@H]1CN(c2ccc(C3CNCCO3)c(F)c2)C(=O)O1. The van der Waals surface area contributed by atoms with E-state index in [0.29, 0.717) is 35.0 Å². The van der Waals surface area contributed by atoms with Crippen LogP contribution in [-0.4, -0.2) is 56.7 Å². The van der Waals surface area contributed by atoms with Crippen LogP contribution in [-0.2, 0) is 14.3 Å². The van der Waals surface area contributed by atoms with Crippen LogP contribution in [0.15, 0.2) is 42.5 Å². The maximum atomic E-state index is 14.7. The number of benzene rings is 2. The minimum Gasteiger partial charge on any atom is -0.442 e. The highest BCUT2D eigenvalue weighted by Gasteiger charge is 2.33. The van der Waals surface area contributed by atoms with Crippen LogP contribution in [0, 0.1) is 5.82 Å². The van der Waals surface area contributed by atoms with Crippen molar-refractivity contribution in [2.24, 2.45) is 0 Å². The van der Waals surface area contributed by atoms with Crippen LogP contribution in [0.4, 0.5) is 14.9 Å². The Hall–Kier alpha value is -3.01. The average Bonchev–Trinajstić information content (AvgIpc) is 3.22. The van der Waals surface area contributed by atoms with Crippen LogP contribution in [0.2, 0.25) is 5.02 Å². The molecule has 2 amide bonds. The summed E-state index contributed by atoms with van der Waals surface area (Å²) in [6, 6.07) is 11.0. The number of anilines is 1. The first kappa shape index (κ1) is 24.1. The molecule has 0 aliphatic carbocycles. The van der Waals surface area contributed by atoms with E-state index < -0.39 is 18.0 Å². The Balaban J connectivity index is 1.25. The van der Waals surface area contributed by atoms with Gasteiger partial charge in [0.05, 0.1) is 31.5 Å². The standard InChI is InChI=1S/C24H25ClFN3O5/c25-16-3-1-15(2-4-16)21(30)7-8-23(31)28-12-18-14-29(24(32)34-18)17-5-6-19(20(26)11-17)22-13-27-9-10-33-22/h1-6,11,18,22,27H,7-10,12-14H2,(H,28,31)/t18-,22?/m0/s1. The highest BCUT2D eigenvalue weighted by atomic mass is 35.5. The van der Waals surface area contributed by atoms with E-state index in [9.17, 15) is 18.8 Å². The summed E-state index contributed by atoms with van der Waals surface area (Å²) in [5.41, 5.74) is 1.29. The molecule has 0 radical (unpaired) electrons. The summed E-state index contributed by atoms with van der Waals surface area (Å²) in [6.07, 6.45) is -1.51. The largest absolute Gasteiger partial charge is 0.442 e. The highest BCUT2D eigenvalue weighted by Crippen LogP contribution is 2.28. The van der Waals surface area contributed by atoms with Crippen molar-refractivity contribution >= 4 is 35.1 Å². The highest BCUT2D eigenvalue weighted by molar-refractivity contribution is 6.30. The molecule has 8 nitrogen and oxygen atoms in total. The molecule has 34 heavy (non-hydrogen) atoms. The fraction of sp³-hybridized carbons (Fsp3) is 0.375. The Bertz CT molecular complexity index is 1060. The number of halogens is 2. The quantitative estimate of drug-likeness (QED) is 0.552. The van der Waals surface area contributed by atoms with Gasteiger partial charge in [-0.3, -0.25) is 14.5 Å². The van der Waals surface area contributed by atoms with E-state index in [1.165, 1.54) is 11.0 Å². The Morgan fingerprint density at radius 3 is 2.68 bits per heavy atom. The fourth-order valence-electron chi connectivity index (χ4n) is 3.87. The van der Waals surface area contributed by atoms with E-state index in [-0.39, 0.29) is 43.7 Å². The van der Waals surface area contributed by atoms with E-state index in [2.05, 4.69) is 10.6 Å². The zero-order chi connectivity index (χ0) is 24.1. The number of nitrogens with one attached hydrogen (secondary N) is 2. The molecule has 2 aliphatic heterocycles. The molecule has 2 saturated heterocycles. The van der Waals surface area contributed by atoms with Gasteiger partial charge in [0.25, 0.3) is 0 Å². The second kappa shape index (κ2) is 10.9. The predicted molar refractivity (Wildman–Crippen MR) is 124 cm³/mol. The summed E-state index contributed by atoms with van der Waals surface area (Å²) in [4.78, 5) is 38.0. The van der Waals surface area contributed by atoms with Gasteiger partial charge in [0.2, 0.25) is 5.91 Å². The zero-order valence-electron chi connectivity index (χ0n) is 18.4. The van der Waals surface area contributed by atoms with Crippen LogP contribution >= 0.6 is 11.6 Å². The third-order valence-electron chi connectivity index (χ3n) is 5.72. The summed E-state index contributed by atoms with van der Waals surface area (Å²) in [7, 11) is 0. The third kappa shape index (κ3) is 5.91. The van der Waals surface area contributed by atoms with E-state index in [0.717, 1.165) is 6.54 Å². The van der Waals surface area contributed by atoms with Gasteiger partial charge in [0.1, 0.15) is 11.9 Å². The molecule has 10 heteroatoms. The molecule has 2 heterocycles. The van der Waals surface area contributed by atoms with Crippen molar-refractivity contribution in [2.45, 2.75) is 25.0 Å². The van der Waals surface area contributed by atoms with Crippen molar-refractivity contribution in [1.82, 2.24) is 10.6 Å². The number of carbonyl (C=O) groups excluding carboxylic acids is 3. The lowest BCUT2D eigenvalue weighted by molar-refractivity contribution is -0.121. The van der Waals surface area contributed by atoms with Crippen molar-refractivity contribution < 1.29 is 28.2 Å². The van der Waals surface area contributed by atoms with Crippen molar-refractivity contribution in [3.8, 4) is 0 Å². The summed E-state index contributed by atoms with van der Waals surface area (Å²) < 4.78 is 25.6. The second-order valence-electron chi connectivity index (χ2n) is 8.12. The van der Waals surface area contributed by atoms with Crippen molar-refractivity contribution in [2.75, 3.05) is 37.7 Å². The van der Waals surface area contributed by atoms with Crippen LogP contribution in [0.3, 0.4) is 0 Å². The Morgan fingerprint density at radius 1 is 1.18 bits per heavy atom. The summed E-state index contributed by atoms with van der Waals surface area (Å²) in [6.45, 7) is 2.02. The molecule has 1 unspecified atom stereocenters. The molecule has 2 atom stereocenters. The molecular formula is C24H25ClFN3O5. The van der Waals surface area contributed by atoms with E-state index in [1.807, 2.05) is 0 Å². The Labute approximate surface area is 201 Å². The van der Waals surface area contributed by atoms with Crippen molar-refractivity contribution in [1.29, 1.82) is 0 Å². The number of carbonyl (C=O) groups is 3. The Morgan fingerprint density at radius 2 is 1.97 bits per heavy atom. The average molecular weight is 490 g/mol. The normalized spacial score (nSPS) is 20.2. The molecule has 0 bridgehead atoms. The maximum Gasteiger partial charge on any atom is 0.414 e. The van der Waals surface area contributed by atoms with Gasteiger partial charge in [-0.2, -0.15) is 0 Å². The molecule has 2 aromatic rings. The number of hydrogen-bond donors (Lipinski definition) is 2. The fourth-order valence-corrected chi connectivity index (χ4v) is 4.00. The first-order chi connectivity index (χ1) is 16.4. The van der Waals surface area contributed by atoms with Crippen LogP contribution in [0.5, 0.6) is 0 Å². The summed E-state index contributed by atoms with van der Waals surface area (Å²) >= 11 is 5.81. The van der Waals surface area contributed by atoms with Gasteiger partial charge in [-0.05, 0) is 36.4 Å². The first-order valence-electron chi connectivity index (χ1n) is 11.1. The zero-order valence-corrected chi connectivity index (χ0v) is 19.1. The molecule has 4 rings (SSSR count). The maximum absolute atomic E-state index is 14.7. The topological polar surface area (TPSA) is 97.0 Å². The predicted octanol–water partition coefficient (Wildman–Crippen LogP) is 3.24. The van der Waals surface area contributed by atoms with Crippen molar-refractivity contribution in [3.05, 3.63) is 64.4 Å². The molecule has 2 aliphatic rings. The lowest BCUT2D eigenvalue weighted by atomic mass is 10.1. The van der Waals surface area contributed by atoms with Gasteiger partial charge >= 0.3 is 6.09 Å². The van der Waals surface area contributed by atoms with Crippen LogP contribution in [0.1, 0.15) is 34.9 Å². The van der Waals surface area contributed by atoms with Gasteiger partial charge in [-0.15, -0.1) is 0 Å². The number of morpholine rings is 1. The molecule has 0 aromatic heterocycles. The Kier molecular flexibility index (Phi) is 7.77. The monoisotopic (exact) mass is 489 g/mol. The molecule has 0 saturated carbocycles. The number of ketones is 1. The third-order valence-corrected chi connectivity index (χ3v) is 5.97. The van der Waals surface area contributed by atoms with Gasteiger partial charge in [-0.25, -0.2) is 9.18 Å². The smallest absolute Gasteiger partial charge is 0.414 e. The van der Waals surface area contributed by atoms with Crippen LogP contribution < -0.4 is 15.5 Å². The lowest BCUT2D eigenvalue weighted by Gasteiger charge is -2.25. The number of rotatable bonds is 8. The van der Waals surface area contributed by atoms with Gasteiger partial charge in [0.15, 0.2) is 5.78 Å². The molecular weight excluding hydrogens is 465 g/mol. The van der Waals surface area contributed by atoms with Gasteiger partial charge in [0, 0.05) is 42.1 Å². The number of hydrogen-bond acceptors (Lipinski definition) is 6. The minimum absolute atomic E-state index is 0.0105. The molecule has 2 fully saturated rings. The summed E-state index contributed by atoms with van der Waals surface area (Å²) in [5.74, 6) is -0.945. The van der Waals surface area contributed by atoms with E-state index >= 15 is 0 Å².